The van der Waals surface area contributed by atoms with Gasteiger partial charge in [-0.1, -0.05) is 56.4 Å². The lowest BCUT2D eigenvalue weighted by atomic mass is 10.4. The molecule has 0 radical (unpaired) electrons. The first kappa shape index (κ1) is 13.3. The lowest BCUT2D eigenvalue weighted by Gasteiger charge is -2.04. The van der Waals surface area contributed by atoms with Crippen LogP contribution in [-0.2, 0) is 4.79 Å². The number of hydrogen-bond acceptors (Lipinski definition) is 3. The third-order valence-electron chi connectivity index (χ3n) is 1.31. The van der Waals surface area contributed by atoms with Gasteiger partial charge in [0.15, 0.2) is 0 Å². The Kier molecular flexibility index (Phi) is 5.43. The maximum atomic E-state index is 10.3. The van der Waals surface area contributed by atoms with Crippen LogP contribution >= 0.6 is 56.4 Å². The molecule has 0 bridgehead atoms. The van der Waals surface area contributed by atoms with Crippen molar-refractivity contribution in [3.63, 3.8) is 0 Å². The number of carboxylic acid groups (broad SMARTS) is 1. The van der Waals surface area contributed by atoms with E-state index in [0.717, 1.165) is 0 Å². The zero-order valence-electron chi connectivity index (χ0n) is 7.17. The molecule has 0 fully saturated rings. The molecule has 7 heteroatoms. The Morgan fingerprint density at radius 2 is 1.80 bits per heavy atom. The van der Waals surface area contributed by atoms with Crippen LogP contribution in [-0.4, -0.2) is 16.8 Å². The molecule has 15 heavy (non-hydrogen) atoms. The number of halogens is 3. The predicted octanol–water partition coefficient (Wildman–Crippen LogP) is 4.47. The highest BCUT2D eigenvalue weighted by Crippen LogP contribution is 2.39. The molecule has 0 saturated heterocycles. The van der Waals surface area contributed by atoms with Gasteiger partial charge in [-0.15, -0.1) is 0 Å². The zero-order chi connectivity index (χ0) is 11.4. The van der Waals surface area contributed by atoms with Crippen molar-refractivity contribution in [1.29, 1.82) is 0 Å². The number of carbonyl (C=O) groups is 1. The van der Waals surface area contributed by atoms with Crippen LogP contribution in [0, 0.1) is 0 Å². The lowest BCUT2D eigenvalue weighted by molar-refractivity contribution is -0.133. The van der Waals surface area contributed by atoms with Gasteiger partial charge in [0.2, 0.25) is 0 Å². The zero-order valence-corrected chi connectivity index (χ0v) is 11.1. The van der Waals surface area contributed by atoms with Crippen LogP contribution < -0.4 is 0 Å². The smallest absolute Gasteiger partial charge is 0.314 e. The molecule has 2 nitrogen and oxygen atoms in total. The van der Waals surface area contributed by atoms with Crippen LogP contribution in [0.2, 0.25) is 15.1 Å². The van der Waals surface area contributed by atoms with Gasteiger partial charge in [-0.25, -0.2) is 0 Å². The second kappa shape index (κ2) is 6.11. The van der Waals surface area contributed by atoms with Crippen molar-refractivity contribution in [2.24, 2.45) is 0 Å². The van der Waals surface area contributed by atoms with Crippen molar-refractivity contribution in [1.82, 2.24) is 0 Å². The molecule has 0 saturated carbocycles. The summed E-state index contributed by atoms with van der Waals surface area (Å²) < 4.78 is 0. The summed E-state index contributed by atoms with van der Waals surface area (Å²) in [5, 5.41) is 9.70. The average Bonchev–Trinajstić information content (AvgIpc) is 2.13. The van der Waals surface area contributed by atoms with Crippen LogP contribution in [0.15, 0.2) is 17.0 Å². The quantitative estimate of drug-likeness (QED) is 0.657. The Bertz CT molecular complexity index is 384. The maximum Gasteiger partial charge on any atom is 0.314 e. The fourth-order valence-electron chi connectivity index (χ4n) is 0.712. The van der Waals surface area contributed by atoms with E-state index in [0.29, 0.717) is 20.0 Å². The van der Waals surface area contributed by atoms with Gasteiger partial charge in [0.1, 0.15) is 5.75 Å². The summed E-state index contributed by atoms with van der Waals surface area (Å²) in [6, 6.07) is 3.15. The van der Waals surface area contributed by atoms with Crippen molar-refractivity contribution in [3.05, 3.63) is 27.2 Å². The van der Waals surface area contributed by atoms with Crippen LogP contribution in [0.3, 0.4) is 0 Å². The molecule has 0 atom stereocenters. The monoisotopic (exact) mass is 302 g/mol. The second-order valence-corrected chi connectivity index (χ2v) is 6.00. The molecular formula is C8H5Cl3O2S2. The van der Waals surface area contributed by atoms with Crippen LogP contribution in [0.5, 0.6) is 0 Å². The summed E-state index contributed by atoms with van der Waals surface area (Å²) in [6.07, 6.45) is 0. The number of carboxylic acids is 1. The van der Waals surface area contributed by atoms with Gasteiger partial charge in [0.25, 0.3) is 0 Å². The van der Waals surface area contributed by atoms with Crippen LogP contribution in [0.4, 0.5) is 0 Å². The minimum atomic E-state index is -0.872. The summed E-state index contributed by atoms with van der Waals surface area (Å²) in [5.41, 5.74) is 0. The summed E-state index contributed by atoms with van der Waals surface area (Å²) in [5.74, 6) is -0.870. The molecule has 1 rings (SSSR count). The van der Waals surface area contributed by atoms with Crippen LogP contribution in [0.1, 0.15) is 0 Å². The molecule has 0 heterocycles. The van der Waals surface area contributed by atoms with Gasteiger partial charge in [0.05, 0.1) is 15.1 Å². The molecule has 0 aliphatic heterocycles. The predicted molar refractivity (Wildman–Crippen MR) is 67.4 cm³/mol. The second-order valence-electron chi connectivity index (χ2n) is 2.44. The third kappa shape index (κ3) is 4.33. The standard InChI is InChI=1S/C8H5Cl3O2S2/c9-4-1-6(11)7(2-5(4)10)15-14-3-8(12)13/h1-2H,3H2,(H,12,13). The Morgan fingerprint density at radius 1 is 1.20 bits per heavy atom. The first-order chi connectivity index (χ1) is 7.00. The molecule has 0 aliphatic rings. The Balaban J connectivity index is 2.69. The molecule has 0 aromatic heterocycles. The Labute approximate surface area is 110 Å². The first-order valence-corrected chi connectivity index (χ1v) is 7.12. The summed E-state index contributed by atoms with van der Waals surface area (Å²) >= 11 is 17.4. The van der Waals surface area contributed by atoms with Gasteiger partial charge in [-0.2, -0.15) is 0 Å². The fourth-order valence-corrected chi connectivity index (χ4v) is 3.44. The molecule has 0 unspecified atom stereocenters. The molecule has 82 valence electrons. The van der Waals surface area contributed by atoms with E-state index in [1.807, 2.05) is 0 Å². The van der Waals surface area contributed by atoms with E-state index in [9.17, 15) is 4.79 Å². The first-order valence-electron chi connectivity index (χ1n) is 3.66. The highest BCUT2D eigenvalue weighted by atomic mass is 35.5. The van der Waals surface area contributed by atoms with Crippen molar-refractivity contribution in [3.8, 4) is 0 Å². The minimum absolute atomic E-state index is 0.00123. The highest BCUT2D eigenvalue weighted by Gasteiger charge is 2.07. The van der Waals surface area contributed by atoms with E-state index in [1.54, 1.807) is 6.07 Å². The maximum absolute atomic E-state index is 10.3. The summed E-state index contributed by atoms with van der Waals surface area (Å²) in [7, 11) is 2.43. The molecular weight excluding hydrogens is 299 g/mol. The molecule has 1 aromatic rings. The summed E-state index contributed by atoms with van der Waals surface area (Å²) in [6.45, 7) is 0. The number of aliphatic carboxylic acids is 1. The largest absolute Gasteiger partial charge is 0.481 e. The van der Waals surface area contributed by atoms with E-state index in [2.05, 4.69) is 0 Å². The minimum Gasteiger partial charge on any atom is -0.481 e. The molecule has 1 aromatic carbocycles. The molecule has 0 amide bonds. The van der Waals surface area contributed by atoms with Crippen molar-refractivity contribution in [2.75, 3.05) is 5.75 Å². The molecule has 1 N–H and O–H groups in total. The fraction of sp³-hybridized carbons (Fsp3) is 0.125. The van der Waals surface area contributed by atoms with E-state index in [1.165, 1.54) is 27.7 Å². The summed E-state index contributed by atoms with van der Waals surface area (Å²) in [4.78, 5) is 11.0. The van der Waals surface area contributed by atoms with Gasteiger partial charge >= 0.3 is 5.97 Å². The molecule has 0 spiro atoms. The third-order valence-corrected chi connectivity index (χ3v) is 4.70. The van der Waals surface area contributed by atoms with Crippen molar-refractivity contribution in [2.45, 2.75) is 4.90 Å². The van der Waals surface area contributed by atoms with E-state index < -0.39 is 5.97 Å². The lowest BCUT2D eigenvalue weighted by Crippen LogP contribution is -1.95. The number of rotatable bonds is 4. The van der Waals surface area contributed by atoms with Gasteiger partial charge in [-0.3, -0.25) is 4.79 Å². The topological polar surface area (TPSA) is 37.3 Å². The van der Waals surface area contributed by atoms with Gasteiger partial charge in [0, 0.05) is 4.90 Å². The van der Waals surface area contributed by atoms with Gasteiger partial charge in [-0.05, 0) is 12.1 Å². The highest BCUT2D eigenvalue weighted by molar-refractivity contribution is 8.76. The Morgan fingerprint density at radius 3 is 2.40 bits per heavy atom. The SMILES string of the molecule is O=C(O)CSSc1cc(Cl)c(Cl)cc1Cl. The van der Waals surface area contributed by atoms with Crippen LogP contribution in [0.25, 0.3) is 0 Å². The van der Waals surface area contributed by atoms with Crippen molar-refractivity contribution < 1.29 is 9.90 Å². The Hall–Kier alpha value is 0.260. The molecule has 0 aliphatic carbocycles. The average molecular weight is 304 g/mol. The van der Waals surface area contributed by atoms with E-state index in [4.69, 9.17) is 39.9 Å². The van der Waals surface area contributed by atoms with Crippen molar-refractivity contribution >= 4 is 62.4 Å². The number of benzene rings is 1. The van der Waals surface area contributed by atoms with E-state index >= 15 is 0 Å². The number of hydrogen-bond donors (Lipinski definition) is 1. The van der Waals surface area contributed by atoms with Gasteiger partial charge < -0.3 is 5.11 Å². The van der Waals surface area contributed by atoms with E-state index in [-0.39, 0.29) is 5.75 Å². The normalized spacial score (nSPS) is 10.3.